The molecule has 0 unspecified atom stereocenters. The fraction of sp³-hybridized carbons (Fsp3) is 0.211. The maximum Gasteiger partial charge on any atom is 0.247 e. The zero-order valence-electron chi connectivity index (χ0n) is 14.1. The summed E-state index contributed by atoms with van der Waals surface area (Å²) in [5.41, 5.74) is 2.23. The van der Waals surface area contributed by atoms with Crippen molar-refractivity contribution in [2.45, 2.75) is 20.0 Å². The number of benzene rings is 2. The van der Waals surface area contributed by atoms with Gasteiger partial charge in [-0.15, -0.1) is 5.10 Å². The molecule has 0 amide bonds. The quantitative estimate of drug-likeness (QED) is 0.691. The lowest BCUT2D eigenvalue weighted by molar-refractivity contribution is 0.769. The molecule has 1 N–H and O–H groups in total. The summed E-state index contributed by atoms with van der Waals surface area (Å²) in [4.78, 5) is 6.67. The monoisotopic (exact) mass is 353 g/mol. The number of halogens is 1. The van der Waals surface area contributed by atoms with Crippen molar-refractivity contribution < 1.29 is 0 Å². The molecule has 6 heteroatoms. The summed E-state index contributed by atoms with van der Waals surface area (Å²) in [6.07, 6.45) is 1.62. The molecule has 5 nitrogen and oxygen atoms in total. The van der Waals surface area contributed by atoms with Gasteiger partial charge >= 0.3 is 0 Å². The molecule has 0 aliphatic heterocycles. The van der Waals surface area contributed by atoms with Gasteiger partial charge in [0.2, 0.25) is 5.95 Å². The van der Waals surface area contributed by atoms with Crippen LogP contribution in [0.1, 0.15) is 18.1 Å². The molecule has 0 bridgehead atoms. The predicted molar refractivity (Wildman–Crippen MR) is 102 cm³/mol. The van der Waals surface area contributed by atoms with E-state index in [0.29, 0.717) is 18.3 Å². The number of nitrogens with one attached hydrogen (secondary N) is 1. The molecule has 25 heavy (non-hydrogen) atoms. The molecular weight excluding hydrogens is 334 g/mol. The van der Waals surface area contributed by atoms with Crippen LogP contribution in [0.4, 0.5) is 11.8 Å². The van der Waals surface area contributed by atoms with E-state index in [-0.39, 0.29) is 0 Å². The molecule has 1 heterocycles. The highest BCUT2D eigenvalue weighted by atomic mass is 35.5. The molecule has 0 saturated carbocycles. The van der Waals surface area contributed by atoms with Crippen LogP contribution >= 0.6 is 11.6 Å². The Morgan fingerprint density at radius 3 is 2.56 bits per heavy atom. The molecule has 3 rings (SSSR count). The first-order valence-electron chi connectivity index (χ1n) is 8.22. The van der Waals surface area contributed by atoms with Crippen LogP contribution in [0.15, 0.2) is 60.8 Å². The number of rotatable bonds is 7. The molecule has 2 aromatic carbocycles. The zero-order chi connectivity index (χ0) is 17.5. The lowest BCUT2D eigenvalue weighted by Gasteiger charge is -2.20. The van der Waals surface area contributed by atoms with Crippen LogP contribution in [0.5, 0.6) is 0 Å². The van der Waals surface area contributed by atoms with Crippen molar-refractivity contribution in [3.8, 4) is 0 Å². The average Bonchev–Trinajstić information content (AvgIpc) is 2.66. The molecular formula is C19H20ClN5. The molecule has 0 spiro atoms. The van der Waals surface area contributed by atoms with E-state index in [9.17, 15) is 0 Å². The SMILES string of the molecule is CCN(Cc1ccccc1)c1nncc(NCc2ccccc2Cl)n1. The first-order chi connectivity index (χ1) is 12.3. The molecule has 0 saturated heterocycles. The van der Waals surface area contributed by atoms with Crippen molar-refractivity contribution in [1.82, 2.24) is 15.2 Å². The molecule has 1 aromatic heterocycles. The van der Waals surface area contributed by atoms with Crippen molar-refractivity contribution in [2.24, 2.45) is 0 Å². The minimum atomic E-state index is 0.586. The molecule has 0 radical (unpaired) electrons. The first-order valence-corrected chi connectivity index (χ1v) is 8.60. The smallest absolute Gasteiger partial charge is 0.247 e. The van der Waals surface area contributed by atoms with Gasteiger partial charge in [0.15, 0.2) is 5.82 Å². The fourth-order valence-electron chi connectivity index (χ4n) is 2.47. The minimum absolute atomic E-state index is 0.586. The van der Waals surface area contributed by atoms with E-state index in [0.717, 1.165) is 23.7 Å². The molecule has 0 fully saturated rings. The maximum atomic E-state index is 6.19. The van der Waals surface area contributed by atoms with E-state index in [1.54, 1.807) is 6.20 Å². The highest BCUT2D eigenvalue weighted by Gasteiger charge is 2.10. The van der Waals surface area contributed by atoms with Gasteiger partial charge in [0.25, 0.3) is 0 Å². The van der Waals surface area contributed by atoms with Crippen molar-refractivity contribution in [2.75, 3.05) is 16.8 Å². The summed E-state index contributed by atoms with van der Waals surface area (Å²) in [6, 6.07) is 18.0. The Morgan fingerprint density at radius 2 is 1.80 bits per heavy atom. The molecule has 3 aromatic rings. The van der Waals surface area contributed by atoms with Gasteiger partial charge in [-0.1, -0.05) is 60.1 Å². The van der Waals surface area contributed by atoms with E-state index in [2.05, 4.69) is 44.5 Å². The van der Waals surface area contributed by atoms with E-state index < -0.39 is 0 Å². The number of nitrogens with zero attached hydrogens (tertiary/aromatic N) is 4. The maximum absolute atomic E-state index is 6.19. The van der Waals surface area contributed by atoms with Crippen LogP contribution < -0.4 is 10.2 Å². The Labute approximate surface area is 152 Å². The van der Waals surface area contributed by atoms with E-state index in [1.807, 2.05) is 42.5 Å². The summed E-state index contributed by atoms with van der Waals surface area (Å²) in [5, 5.41) is 12.3. The second kappa shape index (κ2) is 8.44. The highest BCUT2D eigenvalue weighted by molar-refractivity contribution is 6.31. The van der Waals surface area contributed by atoms with Crippen LogP contribution in [0.25, 0.3) is 0 Å². The van der Waals surface area contributed by atoms with Crippen LogP contribution in [0.2, 0.25) is 5.02 Å². The Balaban J connectivity index is 1.70. The number of anilines is 2. The minimum Gasteiger partial charge on any atom is -0.364 e. The second-order valence-corrected chi connectivity index (χ2v) is 5.99. The Morgan fingerprint density at radius 1 is 1.04 bits per heavy atom. The third-order valence-corrected chi connectivity index (χ3v) is 4.21. The van der Waals surface area contributed by atoms with E-state index in [1.165, 1.54) is 5.56 Å². The Hall–Kier alpha value is -2.66. The largest absolute Gasteiger partial charge is 0.364 e. The normalized spacial score (nSPS) is 10.5. The zero-order valence-corrected chi connectivity index (χ0v) is 14.8. The highest BCUT2D eigenvalue weighted by Crippen LogP contribution is 2.17. The van der Waals surface area contributed by atoms with Gasteiger partial charge in [-0.05, 0) is 24.1 Å². The third-order valence-electron chi connectivity index (χ3n) is 3.85. The first kappa shape index (κ1) is 17.2. The lowest BCUT2D eigenvalue weighted by atomic mass is 10.2. The Kier molecular flexibility index (Phi) is 5.80. The van der Waals surface area contributed by atoms with Crippen molar-refractivity contribution in [3.05, 3.63) is 76.9 Å². The van der Waals surface area contributed by atoms with E-state index >= 15 is 0 Å². The van der Waals surface area contributed by atoms with Gasteiger partial charge in [0.05, 0.1) is 6.20 Å². The number of aromatic nitrogens is 3. The van der Waals surface area contributed by atoms with Gasteiger partial charge in [-0.2, -0.15) is 10.1 Å². The summed E-state index contributed by atoms with van der Waals surface area (Å²) >= 11 is 6.19. The Bertz CT molecular complexity index is 810. The van der Waals surface area contributed by atoms with E-state index in [4.69, 9.17) is 11.6 Å². The summed E-state index contributed by atoms with van der Waals surface area (Å²) in [5.74, 6) is 1.28. The number of hydrogen-bond acceptors (Lipinski definition) is 5. The van der Waals surface area contributed by atoms with Crippen LogP contribution in [-0.4, -0.2) is 21.7 Å². The summed E-state index contributed by atoms with van der Waals surface area (Å²) in [6.45, 7) is 4.20. The van der Waals surface area contributed by atoms with Gasteiger partial charge in [-0.25, -0.2) is 0 Å². The molecule has 0 aliphatic carbocycles. The summed E-state index contributed by atoms with van der Waals surface area (Å²) < 4.78 is 0. The standard InChI is InChI=1S/C19H20ClN5/c1-2-25(14-15-8-4-3-5-9-15)19-23-18(13-22-24-19)21-12-16-10-6-7-11-17(16)20/h3-11,13H,2,12,14H2,1H3,(H,21,23,24). The topological polar surface area (TPSA) is 53.9 Å². The van der Waals surface area contributed by atoms with Crippen molar-refractivity contribution in [3.63, 3.8) is 0 Å². The van der Waals surface area contributed by atoms with Gasteiger partial charge in [-0.3, -0.25) is 0 Å². The third kappa shape index (κ3) is 4.67. The van der Waals surface area contributed by atoms with Crippen molar-refractivity contribution in [1.29, 1.82) is 0 Å². The van der Waals surface area contributed by atoms with Crippen LogP contribution in [-0.2, 0) is 13.1 Å². The molecule has 0 aliphatic rings. The van der Waals surface area contributed by atoms with Gasteiger partial charge in [0.1, 0.15) is 0 Å². The van der Waals surface area contributed by atoms with Gasteiger partial charge < -0.3 is 10.2 Å². The van der Waals surface area contributed by atoms with Crippen LogP contribution in [0.3, 0.4) is 0 Å². The summed E-state index contributed by atoms with van der Waals surface area (Å²) in [7, 11) is 0. The average molecular weight is 354 g/mol. The molecule has 0 atom stereocenters. The lowest BCUT2D eigenvalue weighted by Crippen LogP contribution is -2.25. The van der Waals surface area contributed by atoms with Crippen LogP contribution in [0, 0.1) is 0 Å². The number of hydrogen-bond donors (Lipinski definition) is 1. The fourth-order valence-corrected chi connectivity index (χ4v) is 2.67. The van der Waals surface area contributed by atoms with Crippen molar-refractivity contribution >= 4 is 23.4 Å². The van der Waals surface area contributed by atoms with Gasteiger partial charge in [0, 0.05) is 24.7 Å². The second-order valence-electron chi connectivity index (χ2n) is 5.59. The predicted octanol–water partition coefficient (Wildman–Crippen LogP) is 4.16. The molecule has 128 valence electrons.